The molecule has 1 N–H and O–H groups in total. The number of aliphatic hydroxyl groups excluding tert-OH is 1. The number of aliphatic hydroxyl groups is 1. The Kier molecular flexibility index (Phi) is 6.73. The van der Waals surface area contributed by atoms with E-state index in [1.807, 2.05) is 43.3 Å². The highest BCUT2D eigenvalue weighted by Gasteiger charge is 2.46. The summed E-state index contributed by atoms with van der Waals surface area (Å²) in [7, 11) is 6.87. The van der Waals surface area contributed by atoms with Crippen molar-refractivity contribution in [1.29, 1.82) is 0 Å². The van der Waals surface area contributed by atoms with E-state index >= 15 is 0 Å². The first kappa shape index (κ1) is 23.8. The highest BCUT2D eigenvalue weighted by Crippen LogP contribution is 2.41. The quantitative estimate of drug-likeness (QED) is 0.317. The van der Waals surface area contributed by atoms with E-state index in [4.69, 9.17) is 9.47 Å². The molecule has 1 amide bonds. The number of carbonyl (C=O) groups is 2. The van der Waals surface area contributed by atoms with Gasteiger partial charge in [0.25, 0.3) is 11.7 Å². The van der Waals surface area contributed by atoms with Crippen molar-refractivity contribution in [2.24, 2.45) is 0 Å². The Hall–Kier alpha value is -4.33. The molecule has 35 heavy (non-hydrogen) atoms. The summed E-state index contributed by atoms with van der Waals surface area (Å²) < 4.78 is 10.6. The lowest BCUT2D eigenvalue weighted by Gasteiger charge is -2.26. The Morgan fingerprint density at radius 3 is 2.23 bits per heavy atom. The molecule has 0 spiro atoms. The van der Waals surface area contributed by atoms with E-state index in [9.17, 15) is 14.7 Å². The monoisotopic (exact) mass is 473 g/mol. The third-order valence-corrected chi connectivity index (χ3v) is 6.02. The molecule has 1 atom stereocenters. The number of nitrogens with zero attached hydrogens (tertiary/aromatic N) is 3. The molecule has 8 heteroatoms. The predicted molar refractivity (Wildman–Crippen MR) is 132 cm³/mol. The van der Waals surface area contributed by atoms with Crippen LogP contribution >= 0.6 is 0 Å². The van der Waals surface area contributed by atoms with E-state index in [-0.39, 0.29) is 17.9 Å². The molecule has 8 nitrogen and oxygen atoms in total. The first-order chi connectivity index (χ1) is 16.8. The van der Waals surface area contributed by atoms with Gasteiger partial charge in [0.05, 0.1) is 25.8 Å². The number of rotatable bonds is 7. The molecule has 3 aromatic rings. The number of carbonyl (C=O) groups excluding carboxylic acids is 2. The normalized spacial score (nSPS) is 16.9. The van der Waals surface area contributed by atoms with Crippen LogP contribution in [0.3, 0.4) is 0 Å². The van der Waals surface area contributed by atoms with Crippen molar-refractivity contribution in [3.05, 3.63) is 89.3 Å². The van der Waals surface area contributed by atoms with E-state index in [1.165, 1.54) is 19.1 Å². The fraction of sp³-hybridized carbons (Fsp3) is 0.222. The van der Waals surface area contributed by atoms with Crippen LogP contribution in [0.25, 0.3) is 5.76 Å². The van der Waals surface area contributed by atoms with Crippen LogP contribution in [-0.2, 0) is 16.1 Å². The van der Waals surface area contributed by atoms with Crippen LogP contribution in [0.2, 0.25) is 0 Å². The number of hydrogen-bond donors (Lipinski definition) is 1. The van der Waals surface area contributed by atoms with Gasteiger partial charge >= 0.3 is 0 Å². The standard InChI is InChI=1S/C27H27N3O5/c1-29(2)20-8-5-18(6-9-20)24-23(25(31)19-7-10-21(34-3)22(15-19)35-4)26(32)27(33)30(24)16-17-11-13-28-14-12-17/h5-15,24,31H,16H2,1-4H3/b25-23+. The van der Waals surface area contributed by atoms with Crippen molar-refractivity contribution in [1.82, 2.24) is 9.88 Å². The zero-order valence-electron chi connectivity index (χ0n) is 20.1. The molecule has 180 valence electrons. The van der Waals surface area contributed by atoms with Crippen molar-refractivity contribution in [2.75, 3.05) is 33.2 Å². The minimum atomic E-state index is -0.771. The Bertz CT molecular complexity index is 1270. The van der Waals surface area contributed by atoms with Gasteiger partial charge in [0.1, 0.15) is 5.76 Å². The molecule has 1 aromatic heterocycles. The largest absolute Gasteiger partial charge is 0.507 e. The van der Waals surface area contributed by atoms with E-state index in [1.54, 1.807) is 42.7 Å². The van der Waals surface area contributed by atoms with Crippen LogP contribution in [0.4, 0.5) is 5.69 Å². The summed E-state index contributed by atoms with van der Waals surface area (Å²) in [6.45, 7) is 0.190. The molecule has 1 unspecified atom stereocenters. The molecule has 2 aromatic carbocycles. The van der Waals surface area contributed by atoms with E-state index in [0.29, 0.717) is 22.6 Å². The van der Waals surface area contributed by atoms with Crippen LogP contribution in [0.15, 0.2) is 72.6 Å². The SMILES string of the molecule is COc1ccc(/C(O)=C2\C(=O)C(=O)N(Cc3ccncc3)C2c2ccc(N(C)C)cc2)cc1OC. The second-order valence-electron chi connectivity index (χ2n) is 8.34. The average Bonchev–Trinajstić information content (AvgIpc) is 3.13. The van der Waals surface area contributed by atoms with E-state index < -0.39 is 17.7 Å². The van der Waals surface area contributed by atoms with Crippen LogP contribution < -0.4 is 14.4 Å². The number of methoxy groups -OCH3 is 2. The fourth-order valence-corrected chi connectivity index (χ4v) is 4.17. The number of Topliss-reactive ketones (excluding diaryl/α,β-unsaturated/α-hetero) is 1. The van der Waals surface area contributed by atoms with Crippen LogP contribution in [0, 0.1) is 0 Å². The number of aromatic nitrogens is 1. The summed E-state index contributed by atoms with van der Waals surface area (Å²) in [6.07, 6.45) is 3.27. The fourth-order valence-electron chi connectivity index (χ4n) is 4.17. The van der Waals surface area contributed by atoms with E-state index in [0.717, 1.165) is 11.3 Å². The van der Waals surface area contributed by atoms with Crippen molar-refractivity contribution >= 4 is 23.1 Å². The van der Waals surface area contributed by atoms with Crippen molar-refractivity contribution < 1.29 is 24.2 Å². The van der Waals surface area contributed by atoms with Gasteiger partial charge in [0.15, 0.2) is 11.5 Å². The van der Waals surface area contributed by atoms with Crippen LogP contribution in [0.1, 0.15) is 22.7 Å². The Labute approximate surface area is 204 Å². The van der Waals surface area contributed by atoms with Gasteiger partial charge in [-0.2, -0.15) is 0 Å². The number of pyridine rings is 1. The highest BCUT2D eigenvalue weighted by atomic mass is 16.5. The predicted octanol–water partition coefficient (Wildman–Crippen LogP) is 3.79. The molecule has 0 saturated carbocycles. The third kappa shape index (κ3) is 4.55. The smallest absolute Gasteiger partial charge is 0.295 e. The van der Waals surface area contributed by atoms with Gasteiger partial charge in [-0.15, -0.1) is 0 Å². The number of amides is 1. The zero-order valence-corrected chi connectivity index (χ0v) is 20.1. The Balaban J connectivity index is 1.86. The lowest BCUT2D eigenvalue weighted by atomic mass is 9.94. The number of hydrogen-bond acceptors (Lipinski definition) is 7. The summed E-state index contributed by atoms with van der Waals surface area (Å²) in [5.41, 5.74) is 2.88. The van der Waals surface area contributed by atoms with Gasteiger partial charge in [0, 0.05) is 44.3 Å². The maximum absolute atomic E-state index is 13.3. The number of likely N-dealkylation sites (tertiary alicyclic amines) is 1. The lowest BCUT2D eigenvalue weighted by Crippen LogP contribution is -2.29. The molecule has 0 aliphatic carbocycles. The zero-order chi connectivity index (χ0) is 25.1. The molecule has 0 radical (unpaired) electrons. The summed E-state index contributed by atoms with van der Waals surface area (Å²) in [4.78, 5) is 33.9. The van der Waals surface area contributed by atoms with Gasteiger partial charge in [0.2, 0.25) is 0 Å². The first-order valence-electron chi connectivity index (χ1n) is 11.0. The van der Waals surface area contributed by atoms with Crippen molar-refractivity contribution in [2.45, 2.75) is 12.6 Å². The van der Waals surface area contributed by atoms with Gasteiger partial charge < -0.3 is 24.4 Å². The van der Waals surface area contributed by atoms with Gasteiger partial charge in [-0.25, -0.2) is 0 Å². The molecule has 1 aliphatic heterocycles. The molecule has 2 heterocycles. The number of anilines is 1. The number of ketones is 1. The lowest BCUT2D eigenvalue weighted by molar-refractivity contribution is -0.140. The summed E-state index contributed by atoms with van der Waals surface area (Å²) in [6, 6.07) is 15.2. The molecular formula is C27H27N3O5. The summed E-state index contributed by atoms with van der Waals surface area (Å²) in [5.74, 6) is -0.811. The summed E-state index contributed by atoms with van der Waals surface area (Å²) in [5, 5.41) is 11.3. The molecular weight excluding hydrogens is 446 g/mol. The van der Waals surface area contributed by atoms with Crippen molar-refractivity contribution in [3.63, 3.8) is 0 Å². The van der Waals surface area contributed by atoms with Gasteiger partial charge in [-0.05, 0) is 53.6 Å². The number of ether oxygens (including phenoxy) is 2. The third-order valence-electron chi connectivity index (χ3n) is 6.02. The maximum atomic E-state index is 13.3. The molecule has 0 bridgehead atoms. The number of benzene rings is 2. The maximum Gasteiger partial charge on any atom is 0.295 e. The van der Waals surface area contributed by atoms with Crippen LogP contribution in [0.5, 0.6) is 11.5 Å². The minimum absolute atomic E-state index is 0.0221. The molecule has 1 aliphatic rings. The van der Waals surface area contributed by atoms with Gasteiger partial charge in [-0.1, -0.05) is 12.1 Å². The second-order valence-corrected chi connectivity index (χ2v) is 8.34. The van der Waals surface area contributed by atoms with E-state index in [2.05, 4.69) is 4.98 Å². The Morgan fingerprint density at radius 2 is 1.63 bits per heavy atom. The topological polar surface area (TPSA) is 92.2 Å². The average molecular weight is 474 g/mol. The first-order valence-corrected chi connectivity index (χ1v) is 11.0. The minimum Gasteiger partial charge on any atom is -0.507 e. The van der Waals surface area contributed by atoms with Crippen LogP contribution in [-0.4, -0.2) is 55.0 Å². The Morgan fingerprint density at radius 1 is 0.971 bits per heavy atom. The molecule has 4 rings (SSSR count). The van der Waals surface area contributed by atoms with Gasteiger partial charge in [-0.3, -0.25) is 14.6 Å². The highest BCUT2D eigenvalue weighted by molar-refractivity contribution is 6.46. The molecule has 1 fully saturated rings. The second kappa shape index (κ2) is 9.89. The summed E-state index contributed by atoms with van der Waals surface area (Å²) >= 11 is 0. The van der Waals surface area contributed by atoms with Crippen molar-refractivity contribution in [3.8, 4) is 11.5 Å². The molecule has 1 saturated heterocycles.